The van der Waals surface area contributed by atoms with Crippen LogP contribution in [0.1, 0.15) is 17.0 Å². The molecule has 5 nitrogen and oxygen atoms in total. The zero-order valence-electron chi connectivity index (χ0n) is 14.9. The Morgan fingerprint density at radius 3 is 3.04 bits per heavy atom. The molecular weight excluding hydrogens is 376 g/mol. The third kappa shape index (κ3) is 3.31. The van der Waals surface area contributed by atoms with E-state index in [0.717, 1.165) is 42.0 Å². The van der Waals surface area contributed by atoms with Crippen LogP contribution in [0.2, 0.25) is 0 Å². The monoisotopic (exact) mass is 394 g/mol. The maximum Gasteiger partial charge on any atom is 0.223 e. The number of nitrogens with zero attached hydrogens (tertiary/aromatic N) is 2. The van der Waals surface area contributed by atoms with E-state index in [1.807, 2.05) is 25.1 Å². The Morgan fingerprint density at radius 2 is 2.22 bits per heavy atom. The van der Waals surface area contributed by atoms with E-state index in [4.69, 9.17) is 5.73 Å². The van der Waals surface area contributed by atoms with Crippen molar-refractivity contribution in [2.45, 2.75) is 13.3 Å². The minimum Gasteiger partial charge on any atom is -0.383 e. The molecule has 3 heterocycles. The van der Waals surface area contributed by atoms with Gasteiger partial charge < -0.3 is 11.1 Å². The van der Waals surface area contributed by atoms with E-state index in [0.29, 0.717) is 12.2 Å². The summed E-state index contributed by atoms with van der Waals surface area (Å²) in [5.74, 6) is 0.496. The molecule has 0 radical (unpaired) electrons. The fraction of sp³-hybridized carbons (Fsp3) is 0.150. The maximum absolute atomic E-state index is 11.4. The van der Waals surface area contributed by atoms with E-state index in [9.17, 15) is 4.79 Å². The number of hydrogen-bond acceptors (Lipinski definition) is 6. The number of aromatic nitrogens is 2. The van der Waals surface area contributed by atoms with Gasteiger partial charge in [-0.15, -0.1) is 22.7 Å². The molecule has 136 valence electrons. The molecule has 4 rings (SSSR count). The number of thiazole rings is 1. The molecule has 0 saturated carbocycles. The SMILES string of the molecule is CNC(=O)CC=Cc1cnc(N)c2c(-c3ccc4nc(C)sc4c3)csc12. The molecule has 3 N–H and O–H groups in total. The highest BCUT2D eigenvalue weighted by Crippen LogP contribution is 2.40. The number of nitrogens with one attached hydrogen (secondary N) is 1. The molecule has 3 aromatic heterocycles. The lowest BCUT2D eigenvalue weighted by molar-refractivity contribution is -0.119. The van der Waals surface area contributed by atoms with Crippen LogP contribution in [0.15, 0.2) is 35.9 Å². The predicted molar refractivity (Wildman–Crippen MR) is 115 cm³/mol. The number of carbonyl (C=O) groups excluding carboxylic acids is 1. The van der Waals surface area contributed by atoms with Crippen LogP contribution in [0.3, 0.4) is 0 Å². The number of amides is 1. The predicted octanol–water partition coefficient (Wildman–Crippen LogP) is 4.61. The van der Waals surface area contributed by atoms with E-state index >= 15 is 0 Å². The van der Waals surface area contributed by atoms with Crippen molar-refractivity contribution in [3.05, 3.63) is 46.4 Å². The third-order valence-corrected chi connectivity index (χ3v) is 6.30. The molecule has 0 unspecified atom stereocenters. The highest BCUT2D eigenvalue weighted by molar-refractivity contribution is 7.18. The highest BCUT2D eigenvalue weighted by atomic mass is 32.1. The van der Waals surface area contributed by atoms with Gasteiger partial charge in [0, 0.05) is 40.9 Å². The van der Waals surface area contributed by atoms with Gasteiger partial charge in [-0.05, 0) is 30.0 Å². The van der Waals surface area contributed by atoms with Gasteiger partial charge in [-0.3, -0.25) is 4.79 Å². The fourth-order valence-electron chi connectivity index (χ4n) is 3.02. The molecule has 7 heteroatoms. The van der Waals surface area contributed by atoms with E-state index in [2.05, 4.69) is 32.8 Å². The second-order valence-electron chi connectivity index (χ2n) is 6.15. The fourth-order valence-corrected chi connectivity index (χ4v) is 4.97. The Bertz CT molecular complexity index is 1190. The lowest BCUT2D eigenvalue weighted by atomic mass is 10.0. The van der Waals surface area contributed by atoms with Gasteiger partial charge in [0.2, 0.25) is 5.91 Å². The minimum absolute atomic E-state index is 0.0223. The molecule has 4 aromatic rings. The number of benzene rings is 1. The third-order valence-electron chi connectivity index (χ3n) is 4.34. The van der Waals surface area contributed by atoms with Crippen molar-refractivity contribution in [2.24, 2.45) is 0 Å². The summed E-state index contributed by atoms with van der Waals surface area (Å²) in [5.41, 5.74) is 10.4. The second-order valence-corrected chi connectivity index (χ2v) is 8.26. The number of rotatable bonds is 4. The molecule has 1 amide bonds. The van der Waals surface area contributed by atoms with Gasteiger partial charge in [0.25, 0.3) is 0 Å². The van der Waals surface area contributed by atoms with Crippen molar-refractivity contribution < 1.29 is 4.79 Å². The molecule has 0 aliphatic heterocycles. The summed E-state index contributed by atoms with van der Waals surface area (Å²) in [6.45, 7) is 2.02. The molecule has 0 aliphatic carbocycles. The van der Waals surface area contributed by atoms with Crippen molar-refractivity contribution in [1.29, 1.82) is 0 Å². The zero-order chi connectivity index (χ0) is 19.0. The highest BCUT2D eigenvalue weighted by Gasteiger charge is 2.14. The smallest absolute Gasteiger partial charge is 0.223 e. The Labute approximate surface area is 164 Å². The quantitative estimate of drug-likeness (QED) is 0.529. The number of anilines is 1. The Morgan fingerprint density at radius 1 is 1.37 bits per heavy atom. The molecule has 1 aromatic carbocycles. The standard InChI is InChI=1S/C20H18N4OS2/c1-11-24-15-7-6-12(8-16(15)27-11)14-10-26-19-13(4-3-5-17(25)22-2)9-23-20(21)18(14)19/h3-4,6-10H,5H2,1-2H3,(H2,21,23)(H,22,25). The van der Waals surface area contributed by atoms with Crippen LogP contribution in [0.25, 0.3) is 37.5 Å². The summed E-state index contributed by atoms with van der Waals surface area (Å²) in [7, 11) is 1.63. The molecule has 0 fully saturated rings. The lowest BCUT2D eigenvalue weighted by Gasteiger charge is -2.04. The maximum atomic E-state index is 11.4. The number of nitrogen functional groups attached to an aromatic ring is 1. The average Bonchev–Trinajstić information content (AvgIpc) is 3.26. The Balaban J connectivity index is 1.80. The Kier molecular flexibility index (Phi) is 4.63. The van der Waals surface area contributed by atoms with Crippen LogP contribution < -0.4 is 11.1 Å². The molecule has 27 heavy (non-hydrogen) atoms. The molecule has 0 atom stereocenters. The van der Waals surface area contributed by atoms with Gasteiger partial charge in [-0.25, -0.2) is 9.97 Å². The summed E-state index contributed by atoms with van der Waals surface area (Å²) < 4.78 is 2.24. The van der Waals surface area contributed by atoms with Gasteiger partial charge >= 0.3 is 0 Å². The number of pyridine rings is 1. The summed E-state index contributed by atoms with van der Waals surface area (Å²) >= 11 is 3.33. The first-order valence-electron chi connectivity index (χ1n) is 8.47. The van der Waals surface area contributed by atoms with Crippen LogP contribution in [0.4, 0.5) is 5.82 Å². The minimum atomic E-state index is -0.0223. The van der Waals surface area contributed by atoms with Crippen LogP contribution >= 0.6 is 22.7 Å². The van der Waals surface area contributed by atoms with Gasteiger partial charge in [0.05, 0.1) is 15.2 Å². The zero-order valence-corrected chi connectivity index (χ0v) is 16.6. The number of nitrogens with two attached hydrogens (primary N) is 1. The molecular formula is C20H18N4OS2. The largest absolute Gasteiger partial charge is 0.383 e. The van der Waals surface area contributed by atoms with E-state index in [-0.39, 0.29) is 5.91 Å². The van der Waals surface area contributed by atoms with Crippen molar-refractivity contribution in [3.8, 4) is 11.1 Å². The van der Waals surface area contributed by atoms with E-state index in [1.165, 1.54) is 0 Å². The van der Waals surface area contributed by atoms with Gasteiger partial charge in [-0.2, -0.15) is 0 Å². The molecule has 0 spiro atoms. The average molecular weight is 395 g/mol. The van der Waals surface area contributed by atoms with Crippen LogP contribution in [-0.2, 0) is 4.79 Å². The van der Waals surface area contributed by atoms with Gasteiger partial charge in [0.1, 0.15) is 5.82 Å². The van der Waals surface area contributed by atoms with Crippen molar-refractivity contribution in [1.82, 2.24) is 15.3 Å². The van der Waals surface area contributed by atoms with Gasteiger partial charge in [0.15, 0.2) is 0 Å². The molecule has 0 bridgehead atoms. The summed E-state index contributed by atoms with van der Waals surface area (Å²) in [5, 5.41) is 6.75. The molecule has 0 saturated heterocycles. The van der Waals surface area contributed by atoms with Crippen molar-refractivity contribution in [3.63, 3.8) is 0 Å². The van der Waals surface area contributed by atoms with Gasteiger partial charge in [-0.1, -0.05) is 18.2 Å². The second kappa shape index (κ2) is 7.09. The van der Waals surface area contributed by atoms with Crippen molar-refractivity contribution >= 4 is 60.8 Å². The number of fused-ring (bicyclic) bond motifs is 2. The van der Waals surface area contributed by atoms with Crippen LogP contribution in [-0.4, -0.2) is 22.9 Å². The van der Waals surface area contributed by atoms with E-state index in [1.54, 1.807) is 35.9 Å². The Hall–Kier alpha value is -2.77. The number of carbonyl (C=O) groups is 1. The summed E-state index contributed by atoms with van der Waals surface area (Å²) in [6, 6.07) is 6.29. The number of hydrogen-bond donors (Lipinski definition) is 2. The topological polar surface area (TPSA) is 80.9 Å². The van der Waals surface area contributed by atoms with E-state index < -0.39 is 0 Å². The summed E-state index contributed by atoms with van der Waals surface area (Å²) in [4.78, 5) is 20.3. The molecule has 0 aliphatic rings. The van der Waals surface area contributed by atoms with Crippen LogP contribution in [0, 0.1) is 6.92 Å². The lowest BCUT2D eigenvalue weighted by Crippen LogP contribution is -2.15. The summed E-state index contributed by atoms with van der Waals surface area (Å²) in [6.07, 6.45) is 5.87. The van der Waals surface area contributed by atoms with Crippen LogP contribution in [0.5, 0.6) is 0 Å². The van der Waals surface area contributed by atoms with Crippen molar-refractivity contribution in [2.75, 3.05) is 12.8 Å². The first kappa shape index (κ1) is 17.6. The number of thiophene rings is 1. The number of aryl methyl sites for hydroxylation is 1. The first-order chi connectivity index (χ1) is 13.1. The normalized spacial score (nSPS) is 11.6. The first-order valence-corrected chi connectivity index (χ1v) is 10.2.